The average Bonchev–Trinajstić information content (AvgIpc) is 2.76. The molecule has 0 aliphatic heterocycles. The first kappa shape index (κ1) is 24.3. The Labute approximate surface area is 196 Å². The first-order valence-electron chi connectivity index (χ1n) is 10.8. The highest BCUT2D eigenvalue weighted by Crippen LogP contribution is 2.24. The molecule has 33 heavy (non-hydrogen) atoms. The quantitative estimate of drug-likeness (QED) is 0.465. The van der Waals surface area contributed by atoms with Gasteiger partial charge in [0.15, 0.2) is 0 Å². The Hall–Kier alpha value is -3.32. The van der Waals surface area contributed by atoms with Crippen molar-refractivity contribution in [3.63, 3.8) is 0 Å². The number of carbonyl (C=O) groups excluding carboxylic acids is 1. The molecule has 6 nitrogen and oxygen atoms in total. The van der Waals surface area contributed by atoms with Crippen LogP contribution in [0, 0.1) is 34.6 Å². The van der Waals surface area contributed by atoms with Crippen molar-refractivity contribution in [2.45, 2.75) is 39.5 Å². The van der Waals surface area contributed by atoms with E-state index >= 15 is 0 Å². The maximum absolute atomic E-state index is 13.1. The number of benzene rings is 3. The summed E-state index contributed by atoms with van der Waals surface area (Å²) in [4.78, 5) is 12.7. The van der Waals surface area contributed by atoms with Gasteiger partial charge in [0.25, 0.3) is 15.9 Å². The number of carbonyl (C=O) groups is 1. The van der Waals surface area contributed by atoms with Gasteiger partial charge in [-0.25, -0.2) is 8.42 Å². The molecular formula is C26H30N2O4S. The third-order valence-corrected chi connectivity index (χ3v) is 7.23. The number of anilines is 1. The van der Waals surface area contributed by atoms with Gasteiger partial charge in [-0.3, -0.25) is 9.52 Å². The van der Waals surface area contributed by atoms with Crippen LogP contribution < -0.4 is 14.8 Å². The lowest BCUT2D eigenvalue weighted by atomic mass is 10.1. The van der Waals surface area contributed by atoms with Crippen molar-refractivity contribution in [3.8, 4) is 5.75 Å². The second-order valence-corrected chi connectivity index (χ2v) is 9.83. The van der Waals surface area contributed by atoms with Gasteiger partial charge in [-0.05, 0) is 92.8 Å². The van der Waals surface area contributed by atoms with Crippen LogP contribution in [0.25, 0.3) is 0 Å². The highest BCUT2D eigenvalue weighted by atomic mass is 32.2. The number of hydrogen-bond donors (Lipinski definition) is 2. The highest BCUT2D eigenvalue weighted by molar-refractivity contribution is 7.92. The van der Waals surface area contributed by atoms with Crippen molar-refractivity contribution in [1.82, 2.24) is 5.32 Å². The standard InChI is InChI=1S/C26H30N2O4S/c1-17-10-12-23(15-20(17)4)32-14-13-27-26(29)22-11-9-19(3)25(16-22)33(30,31)28-24-8-6-7-18(2)21(24)5/h6-12,15-16,28H,13-14H2,1-5H3,(H,27,29). The molecule has 3 aromatic rings. The zero-order valence-electron chi connectivity index (χ0n) is 19.7. The second-order valence-electron chi connectivity index (χ2n) is 8.18. The normalized spacial score (nSPS) is 11.2. The van der Waals surface area contributed by atoms with E-state index in [0.29, 0.717) is 24.4 Å². The van der Waals surface area contributed by atoms with Crippen molar-refractivity contribution in [2.75, 3.05) is 17.9 Å². The molecule has 0 aromatic heterocycles. The van der Waals surface area contributed by atoms with Gasteiger partial charge in [0, 0.05) is 5.56 Å². The molecule has 0 radical (unpaired) electrons. The Balaban J connectivity index is 1.67. The van der Waals surface area contributed by atoms with Crippen LogP contribution >= 0.6 is 0 Å². The molecule has 0 saturated heterocycles. The number of ether oxygens (including phenoxy) is 1. The van der Waals surface area contributed by atoms with Crippen LogP contribution in [0.3, 0.4) is 0 Å². The molecule has 0 aliphatic carbocycles. The van der Waals surface area contributed by atoms with Gasteiger partial charge in [-0.15, -0.1) is 0 Å². The smallest absolute Gasteiger partial charge is 0.262 e. The summed E-state index contributed by atoms with van der Waals surface area (Å²) in [6.45, 7) is 10.1. The average molecular weight is 467 g/mol. The monoisotopic (exact) mass is 466 g/mol. The van der Waals surface area contributed by atoms with Crippen LogP contribution in [0.4, 0.5) is 5.69 Å². The molecule has 0 atom stereocenters. The van der Waals surface area contributed by atoms with E-state index in [2.05, 4.69) is 10.0 Å². The number of nitrogens with one attached hydrogen (secondary N) is 2. The van der Waals surface area contributed by atoms with Crippen molar-refractivity contribution in [3.05, 3.63) is 88.0 Å². The fourth-order valence-electron chi connectivity index (χ4n) is 3.33. The van der Waals surface area contributed by atoms with Gasteiger partial charge < -0.3 is 10.1 Å². The molecule has 3 rings (SSSR count). The zero-order chi connectivity index (χ0) is 24.2. The van der Waals surface area contributed by atoms with Crippen LogP contribution in [0.1, 0.15) is 38.2 Å². The van der Waals surface area contributed by atoms with Crippen molar-refractivity contribution in [1.29, 1.82) is 0 Å². The summed E-state index contributed by atoms with van der Waals surface area (Å²) in [5.74, 6) is 0.385. The van der Waals surface area contributed by atoms with E-state index in [-0.39, 0.29) is 16.4 Å². The maximum atomic E-state index is 13.1. The van der Waals surface area contributed by atoms with Gasteiger partial charge in [0.05, 0.1) is 17.1 Å². The van der Waals surface area contributed by atoms with E-state index in [4.69, 9.17) is 4.74 Å². The van der Waals surface area contributed by atoms with Crippen LogP contribution in [-0.2, 0) is 10.0 Å². The number of rotatable bonds is 8. The number of hydrogen-bond acceptors (Lipinski definition) is 4. The van der Waals surface area contributed by atoms with E-state index in [1.807, 2.05) is 52.0 Å². The SMILES string of the molecule is Cc1ccc(OCCNC(=O)c2ccc(C)c(S(=O)(=O)Nc3cccc(C)c3C)c2)cc1C. The Bertz CT molecular complexity index is 1280. The van der Waals surface area contributed by atoms with Crippen LogP contribution in [0.2, 0.25) is 0 Å². The lowest BCUT2D eigenvalue weighted by Gasteiger charge is -2.15. The van der Waals surface area contributed by atoms with E-state index in [1.54, 1.807) is 31.2 Å². The molecule has 174 valence electrons. The molecule has 0 saturated carbocycles. The predicted octanol–water partition coefficient (Wildman–Crippen LogP) is 4.84. The minimum Gasteiger partial charge on any atom is -0.492 e. The summed E-state index contributed by atoms with van der Waals surface area (Å²) < 4.78 is 34.5. The molecular weight excluding hydrogens is 436 g/mol. The highest BCUT2D eigenvalue weighted by Gasteiger charge is 2.20. The summed E-state index contributed by atoms with van der Waals surface area (Å²) in [5, 5.41) is 2.78. The number of aryl methyl sites for hydroxylation is 4. The molecule has 0 unspecified atom stereocenters. The number of amides is 1. The van der Waals surface area contributed by atoms with Gasteiger partial charge in [-0.2, -0.15) is 0 Å². The molecule has 7 heteroatoms. The summed E-state index contributed by atoms with van der Waals surface area (Å²) >= 11 is 0. The third kappa shape index (κ3) is 5.93. The molecule has 0 spiro atoms. The van der Waals surface area contributed by atoms with Crippen LogP contribution in [0.5, 0.6) is 5.75 Å². The van der Waals surface area contributed by atoms with Crippen molar-refractivity contribution < 1.29 is 17.9 Å². The van der Waals surface area contributed by atoms with E-state index in [1.165, 1.54) is 11.6 Å². The van der Waals surface area contributed by atoms with Gasteiger partial charge in [0.1, 0.15) is 12.4 Å². The summed E-state index contributed by atoms with van der Waals surface area (Å²) in [7, 11) is -3.86. The Morgan fingerprint density at radius 1 is 0.848 bits per heavy atom. The van der Waals surface area contributed by atoms with Crippen LogP contribution in [0.15, 0.2) is 59.5 Å². The lowest BCUT2D eigenvalue weighted by Crippen LogP contribution is -2.28. The largest absolute Gasteiger partial charge is 0.492 e. The fraction of sp³-hybridized carbons (Fsp3) is 0.269. The predicted molar refractivity (Wildman–Crippen MR) is 132 cm³/mol. The molecule has 3 aromatic carbocycles. The molecule has 0 aliphatic rings. The third-order valence-electron chi connectivity index (χ3n) is 5.72. The fourth-order valence-corrected chi connectivity index (χ4v) is 4.73. The zero-order valence-corrected chi connectivity index (χ0v) is 20.5. The minimum absolute atomic E-state index is 0.0717. The van der Waals surface area contributed by atoms with E-state index in [0.717, 1.165) is 22.4 Å². The first-order valence-corrected chi connectivity index (χ1v) is 12.2. The molecule has 1 amide bonds. The Morgan fingerprint density at radius 2 is 1.58 bits per heavy atom. The topological polar surface area (TPSA) is 84.5 Å². The number of sulfonamides is 1. The van der Waals surface area contributed by atoms with Gasteiger partial charge in [0.2, 0.25) is 0 Å². The maximum Gasteiger partial charge on any atom is 0.262 e. The summed E-state index contributed by atoms with van der Waals surface area (Å²) in [5.41, 5.74) is 5.52. The Morgan fingerprint density at radius 3 is 2.30 bits per heavy atom. The molecule has 0 bridgehead atoms. The minimum atomic E-state index is -3.86. The van der Waals surface area contributed by atoms with Crippen molar-refractivity contribution >= 4 is 21.6 Å². The Kier molecular flexibility index (Phi) is 7.43. The molecule has 2 N–H and O–H groups in total. The molecule has 0 heterocycles. The van der Waals surface area contributed by atoms with Crippen molar-refractivity contribution in [2.24, 2.45) is 0 Å². The second kappa shape index (κ2) is 10.1. The van der Waals surface area contributed by atoms with Gasteiger partial charge in [-0.1, -0.05) is 24.3 Å². The van der Waals surface area contributed by atoms with Gasteiger partial charge >= 0.3 is 0 Å². The molecule has 0 fully saturated rings. The summed E-state index contributed by atoms with van der Waals surface area (Å²) in [6, 6.07) is 15.9. The summed E-state index contributed by atoms with van der Waals surface area (Å²) in [6.07, 6.45) is 0. The lowest BCUT2D eigenvalue weighted by molar-refractivity contribution is 0.0946. The first-order chi connectivity index (χ1) is 15.6. The van der Waals surface area contributed by atoms with Crippen LogP contribution in [-0.4, -0.2) is 27.5 Å². The van der Waals surface area contributed by atoms with E-state index < -0.39 is 10.0 Å². The van der Waals surface area contributed by atoms with E-state index in [9.17, 15) is 13.2 Å².